The van der Waals surface area contributed by atoms with Gasteiger partial charge in [0.15, 0.2) is 5.82 Å². The standard InChI is InChI=1S/C14H13FN4O2/c1-9-18-13(19-21-9)8-17-14(20)12-7-11(15)5-4-10(12)3-2-6-16/h4-5,7H,6,8,16H2,1H3,(H,17,20). The van der Waals surface area contributed by atoms with Gasteiger partial charge in [-0.25, -0.2) is 4.39 Å². The molecule has 1 aromatic heterocycles. The number of carbonyl (C=O) groups excluding carboxylic acids is 1. The highest BCUT2D eigenvalue weighted by Crippen LogP contribution is 2.10. The van der Waals surface area contributed by atoms with Crippen LogP contribution < -0.4 is 11.1 Å². The zero-order valence-electron chi connectivity index (χ0n) is 11.3. The second kappa shape index (κ2) is 6.63. The molecule has 1 heterocycles. The molecule has 0 bridgehead atoms. The summed E-state index contributed by atoms with van der Waals surface area (Å²) in [5.41, 5.74) is 5.84. The van der Waals surface area contributed by atoms with E-state index in [1.54, 1.807) is 6.92 Å². The lowest BCUT2D eigenvalue weighted by Gasteiger charge is -2.05. The minimum Gasteiger partial charge on any atom is -0.345 e. The van der Waals surface area contributed by atoms with Crippen molar-refractivity contribution in [1.29, 1.82) is 0 Å². The zero-order chi connectivity index (χ0) is 15.2. The largest absolute Gasteiger partial charge is 0.345 e. The Bertz CT molecular complexity index is 715. The Morgan fingerprint density at radius 3 is 3.00 bits per heavy atom. The number of rotatable bonds is 3. The number of halogens is 1. The van der Waals surface area contributed by atoms with E-state index in [9.17, 15) is 9.18 Å². The van der Waals surface area contributed by atoms with Crippen molar-refractivity contribution in [1.82, 2.24) is 15.5 Å². The molecule has 7 heteroatoms. The van der Waals surface area contributed by atoms with Crippen LogP contribution in [0.3, 0.4) is 0 Å². The molecule has 108 valence electrons. The summed E-state index contributed by atoms with van der Waals surface area (Å²) in [5.74, 6) is 5.11. The minimum absolute atomic E-state index is 0.0798. The van der Waals surface area contributed by atoms with Gasteiger partial charge in [-0.2, -0.15) is 4.98 Å². The Labute approximate surface area is 120 Å². The number of nitrogens with two attached hydrogens (primary N) is 1. The van der Waals surface area contributed by atoms with Crippen molar-refractivity contribution in [2.45, 2.75) is 13.5 Å². The molecular weight excluding hydrogens is 275 g/mol. The van der Waals surface area contributed by atoms with Gasteiger partial charge in [0.1, 0.15) is 5.82 Å². The van der Waals surface area contributed by atoms with Gasteiger partial charge in [-0.3, -0.25) is 4.79 Å². The topological polar surface area (TPSA) is 94.0 Å². The maximum atomic E-state index is 13.3. The van der Waals surface area contributed by atoms with Crippen molar-refractivity contribution in [2.24, 2.45) is 5.73 Å². The van der Waals surface area contributed by atoms with Crippen LogP contribution in [0.25, 0.3) is 0 Å². The molecule has 0 aliphatic heterocycles. The summed E-state index contributed by atoms with van der Waals surface area (Å²) in [6.45, 7) is 1.88. The maximum absolute atomic E-state index is 13.3. The van der Waals surface area contributed by atoms with E-state index in [2.05, 4.69) is 27.3 Å². The third-order valence-electron chi connectivity index (χ3n) is 2.53. The molecule has 6 nitrogen and oxygen atoms in total. The summed E-state index contributed by atoms with van der Waals surface area (Å²) in [5, 5.41) is 6.23. The summed E-state index contributed by atoms with van der Waals surface area (Å²) in [4.78, 5) is 16.1. The Balaban J connectivity index is 2.15. The highest BCUT2D eigenvalue weighted by Gasteiger charge is 2.12. The van der Waals surface area contributed by atoms with E-state index in [1.807, 2.05) is 0 Å². The first kappa shape index (κ1) is 14.7. The van der Waals surface area contributed by atoms with E-state index in [-0.39, 0.29) is 18.7 Å². The number of nitrogens with one attached hydrogen (secondary N) is 1. The van der Waals surface area contributed by atoms with E-state index in [4.69, 9.17) is 10.3 Å². The van der Waals surface area contributed by atoms with Gasteiger partial charge < -0.3 is 15.6 Å². The molecule has 0 atom stereocenters. The molecule has 21 heavy (non-hydrogen) atoms. The Morgan fingerprint density at radius 2 is 2.33 bits per heavy atom. The highest BCUT2D eigenvalue weighted by molar-refractivity contribution is 5.96. The van der Waals surface area contributed by atoms with Gasteiger partial charge in [-0.05, 0) is 18.2 Å². The SMILES string of the molecule is Cc1nc(CNC(=O)c2cc(F)ccc2C#CCN)no1. The van der Waals surface area contributed by atoms with Crippen molar-refractivity contribution in [3.05, 3.63) is 46.9 Å². The summed E-state index contributed by atoms with van der Waals surface area (Å²) in [6.07, 6.45) is 0. The van der Waals surface area contributed by atoms with E-state index in [1.165, 1.54) is 12.1 Å². The molecule has 0 aliphatic rings. The van der Waals surface area contributed by atoms with E-state index in [0.717, 1.165) is 6.07 Å². The van der Waals surface area contributed by atoms with Gasteiger partial charge in [0.05, 0.1) is 18.7 Å². The Kier molecular flexibility index (Phi) is 4.64. The van der Waals surface area contributed by atoms with E-state index < -0.39 is 11.7 Å². The summed E-state index contributed by atoms with van der Waals surface area (Å²) in [7, 11) is 0. The predicted molar refractivity (Wildman–Crippen MR) is 72.5 cm³/mol. The first-order valence-electron chi connectivity index (χ1n) is 6.16. The van der Waals surface area contributed by atoms with Crippen LogP contribution in [0.4, 0.5) is 4.39 Å². The molecule has 1 amide bonds. The average molecular weight is 288 g/mol. The van der Waals surface area contributed by atoms with Crippen LogP contribution in [0, 0.1) is 24.6 Å². The molecule has 1 aromatic carbocycles. The van der Waals surface area contributed by atoms with Crippen molar-refractivity contribution >= 4 is 5.91 Å². The molecule has 2 aromatic rings. The lowest BCUT2D eigenvalue weighted by atomic mass is 10.1. The van der Waals surface area contributed by atoms with Crippen molar-refractivity contribution in [3.8, 4) is 11.8 Å². The van der Waals surface area contributed by atoms with Crippen LogP contribution in [0.5, 0.6) is 0 Å². The normalized spacial score (nSPS) is 9.86. The van der Waals surface area contributed by atoms with Crippen LogP contribution in [0.1, 0.15) is 27.6 Å². The lowest BCUT2D eigenvalue weighted by Crippen LogP contribution is -2.24. The van der Waals surface area contributed by atoms with Gasteiger partial charge in [0.2, 0.25) is 5.89 Å². The first-order chi connectivity index (χ1) is 10.1. The second-order valence-electron chi connectivity index (χ2n) is 4.11. The molecule has 2 rings (SSSR count). The number of aryl methyl sites for hydroxylation is 1. The fraction of sp³-hybridized carbons (Fsp3) is 0.214. The number of hydrogen-bond donors (Lipinski definition) is 2. The van der Waals surface area contributed by atoms with Gasteiger partial charge in [0, 0.05) is 12.5 Å². The molecular formula is C14H13FN4O2. The molecule has 0 fully saturated rings. The number of aromatic nitrogens is 2. The fourth-order valence-corrected chi connectivity index (χ4v) is 1.63. The number of amides is 1. The summed E-state index contributed by atoms with van der Waals surface area (Å²) in [6, 6.07) is 3.79. The molecule has 0 spiro atoms. The van der Waals surface area contributed by atoms with Crippen LogP contribution in [0.15, 0.2) is 22.7 Å². The van der Waals surface area contributed by atoms with Crippen LogP contribution in [-0.4, -0.2) is 22.6 Å². The summed E-state index contributed by atoms with van der Waals surface area (Å²) < 4.78 is 18.1. The monoisotopic (exact) mass is 288 g/mol. The third kappa shape index (κ3) is 3.87. The first-order valence-corrected chi connectivity index (χ1v) is 6.16. The smallest absolute Gasteiger partial charge is 0.253 e. The number of carbonyl (C=O) groups is 1. The third-order valence-corrected chi connectivity index (χ3v) is 2.53. The summed E-state index contributed by atoms with van der Waals surface area (Å²) >= 11 is 0. The van der Waals surface area contributed by atoms with Crippen LogP contribution >= 0.6 is 0 Å². The van der Waals surface area contributed by atoms with Crippen LogP contribution in [0.2, 0.25) is 0 Å². The molecule has 0 aliphatic carbocycles. The molecule has 0 unspecified atom stereocenters. The fourth-order valence-electron chi connectivity index (χ4n) is 1.63. The quantitative estimate of drug-likeness (QED) is 0.813. The Hall–Kier alpha value is -2.72. The van der Waals surface area contributed by atoms with Gasteiger partial charge in [0.25, 0.3) is 5.91 Å². The van der Waals surface area contributed by atoms with Crippen molar-refractivity contribution in [2.75, 3.05) is 6.54 Å². The van der Waals surface area contributed by atoms with E-state index >= 15 is 0 Å². The molecule has 0 saturated carbocycles. The predicted octanol–water partition coefficient (Wildman–Crippen LogP) is 0.757. The van der Waals surface area contributed by atoms with Gasteiger partial charge in [-0.15, -0.1) is 0 Å². The zero-order valence-corrected chi connectivity index (χ0v) is 11.3. The number of benzene rings is 1. The van der Waals surface area contributed by atoms with Gasteiger partial charge >= 0.3 is 0 Å². The second-order valence-corrected chi connectivity index (χ2v) is 4.11. The van der Waals surface area contributed by atoms with E-state index in [0.29, 0.717) is 17.3 Å². The van der Waals surface area contributed by atoms with Crippen LogP contribution in [-0.2, 0) is 6.54 Å². The number of hydrogen-bond acceptors (Lipinski definition) is 5. The highest BCUT2D eigenvalue weighted by atomic mass is 19.1. The maximum Gasteiger partial charge on any atom is 0.253 e. The molecule has 3 N–H and O–H groups in total. The Morgan fingerprint density at radius 1 is 1.52 bits per heavy atom. The number of nitrogens with zero attached hydrogens (tertiary/aromatic N) is 2. The lowest BCUT2D eigenvalue weighted by molar-refractivity contribution is 0.0949. The van der Waals surface area contributed by atoms with Crippen molar-refractivity contribution < 1.29 is 13.7 Å². The minimum atomic E-state index is -0.520. The van der Waals surface area contributed by atoms with Gasteiger partial charge in [-0.1, -0.05) is 17.0 Å². The average Bonchev–Trinajstić information content (AvgIpc) is 2.89. The molecule has 0 radical (unpaired) electrons. The molecule has 0 saturated heterocycles. The van der Waals surface area contributed by atoms with Crippen molar-refractivity contribution in [3.63, 3.8) is 0 Å².